The summed E-state index contributed by atoms with van der Waals surface area (Å²) in [5, 5.41) is 3.55. The van der Waals surface area contributed by atoms with Gasteiger partial charge in [0.05, 0.1) is 0 Å². The van der Waals surface area contributed by atoms with Crippen LogP contribution in [0.15, 0.2) is 12.1 Å². The summed E-state index contributed by atoms with van der Waals surface area (Å²) in [7, 11) is 0. The van der Waals surface area contributed by atoms with Crippen LogP contribution in [0.2, 0.25) is 0 Å². The molecule has 1 N–H and O–H groups in total. The van der Waals surface area contributed by atoms with Crippen LogP contribution in [-0.4, -0.2) is 24.1 Å². The van der Waals surface area contributed by atoms with E-state index in [9.17, 15) is 0 Å². The summed E-state index contributed by atoms with van der Waals surface area (Å²) in [5.74, 6) is 2.84. The molecule has 1 aromatic rings. The molecule has 1 heterocycles. The van der Waals surface area contributed by atoms with Crippen molar-refractivity contribution in [1.82, 2.24) is 10.3 Å². The zero-order chi connectivity index (χ0) is 14.8. The summed E-state index contributed by atoms with van der Waals surface area (Å²) in [5.41, 5.74) is 2.52. The van der Waals surface area contributed by atoms with E-state index in [-0.39, 0.29) is 0 Å². The van der Waals surface area contributed by atoms with Gasteiger partial charge in [-0.3, -0.25) is 0 Å². The normalized spacial score (nSPS) is 18.3. The molecule has 0 aromatic carbocycles. The minimum Gasteiger partial charge on any atom is -0.353 e. The Morgan fingerprint density at radius 3 is 2.62 bits per heavy atom. The Morgan fingerprint density at radius 1 is 1.24 bits per heavy atom. The maximum atomic E-state index is 4.82. The molecule has 0 atom stereocenters. The highest BCUT2D eigenvalue weighted by molar-refractivity contribution is 5.45. The van der Waals surface area contributed by atoms with Crippen molar-refractivity contribution in [2.24, 2.45) is 11.8 Å². The van der Waals surface area contributed by atoms with E-state index < -0.39 is 0 Å². The van der Waals surface area contributed by atoms with Crippen molar-refractivity contribution in [2.45, 2.75) is 59.0 Å². The molecule has 0 bridgehead atoms. The van der Waals surface area contributed by atoms with Gasteiger partial charge in [0.1, 0.15) is 5.82 Å². The minimum absolute atomic E-state index is 0.699. The molecule has 116 valence electrons. The van der Waals surface area contributed by atoms with Gasteiger partial charge in [-0.2, -0.15) is 0 Å². The number of hydrogen-bond donors (Lipinski definition) is 1. The van der Waals surface area contributed by atoms with Crippen molar-refractivity contribution in [2.75, 3.05) is 18.0 Å². The zero-order valence-corrected chi connectivity index (χ0v) is 13.7. The molecule has 0 spiro atoms. The lowest BCUT2D eigenvalue weighted by Gasteiger charge is -2.24. The molecule has 0 radical (unpaired) electrons. The Labute approximate surface area is 129 Å². The number of aryl methyl sites for hydroxylation is 1. The molecule has 2 aliphatic rings. The van der Waals surface area contributed by atoms with Gasteiger partial charge in [0.2, 0.25) is 0 Å². The monoisotopic (exact) mass is 287 g/mol. The van der Waals surface area contributed by atoms with Crippen molar-refractivity contribution in [3.8, 4) is 0 Å². The van der Waals surface area contributed by atoms with Gasteiger partial charge in [0, 0.05) is 24.8 Å². The van der Waals surface area contributed by atoms with Crippen LogP contribution in [0.1, 0.15) is 50.8 Å². The van der Waals surface area contributed by atoms with Crippen LogP contribution in [0.3, 0.4) is 0 Å². The minimum atomic E-state index is 0.699. The number of aromatic nitrogens is 1. The lowest BCUT2D eigenvalue weighted by molar-refractivity contribution is 0.552. The highest BCUT2D eigenvalue weighted by atomic mass is 15.2. The first-order valence-corrected chi connectivity index (χ1v) is 8.56. The van der Waals surface area contributed by atoms with Crippen LogP contribution in [0.25, 0.3) is 0 Å². The Kier molecular flexibility index (Phi) is 4.48. The highest BCUT2D eigenvalue weighted by Crippen LogP contribution is 2.37. The van der Waals surface area contributed by atoms with Crippen LogP contribution >= 0.6 is 0 Å². The summed E-state index contributed by atoms with van der Waals surface area (Å²) in [6.45, 7) is 9.88. The van der Waals surface area contributed by atoms with E-state index in [1.54, 1.807) is 0 Å². The first-order valence-electron chi connectivity index (χ1n) is 8.56. The van der Waals surface area contributed by atoms with Gasteiger partial charge >= 0.3 is 0 Å². The van der Waals surface area contributed by atoms with Crippen LogP contribution in [0.5, 0.6) is 0 Å². The third-order valence-corrected chi connectivity index (χ3v) is 4.32. The number of anilines is 1. The molecule has 0 amide bonds. The van der Waals surface area contributed by atoms with Crippen LogP contribution < -0.4 is 10.2 Å². The Bertz CT molecular complexity index is 475. The zero-order valence-electron chi connectivity index (χ0n) is 13.7. The van der Waals surface area contributed by atoms with E-state index in [0.717, 1.165) is 30.7 Å². The number of nitrogens with one attached hydrogen (secondary N) is 1. The molecular weight excluding hydrogens is 258 g/mol. The van der Waals surface area contributed by atoms with Crippen molar-refractivity contribution >= 4 is 5.82 Å². The van der Waals surface area contributed by atoms with Gasteiger partial charge < -0.3 is 10.2 Å². The molecule has 0 aliphatic heterocycles. The third-order valence-electron chi connectivity index (χ3n) is 4.32. The van der Waals surface area contributed by atoms with Crippen LogP contribution in [-0.2, 0) is 6.54 Å². The number of pyridine rings is 1. The lowest BCUT2D eigenvalue weighted by atomic mass is 10.2. The second-order valence-corrected chi connectivity index (χ2v) is 7.33. The van der Waals surface area contributed by atoms with Crippen molar-refractivity contribution in [3.05, 3.63) is 23.4 Å². The van der Waals surface area contributed by atoms with Gasteiger partial charge in [-0.05, 0) is 68.7 Å². The van der Waals surface area contributed by atoms with E-state index in [2.05, 4.69) is 43.1 Å². The second kappa shape index (κ2) is 6.35. The summed E-state index contributed by atoms with van der Waals surface area (Å²) in [6.07, 6.45) is 5.53. The SMILES string of the molecule is Cc1cc(CNCC(C)C)cc(N(CC2CC2)C2CC2)n1. The first-order chi connectivity index (χ1) is 10.1. The number of hydrogen-bond acceptors (Lipinski definition) is 3. The van der Waals surface area contributed by atoms with Crippen LogP contribution in [0.4, 0.5) is 5.82 Å². The van der Waals surface area contributed by atoms with Gasteiger partial charge in [0.25, 0.3) is 0 Å². The number of nitrogens with zero attached hydrogens (tertiary/aromatic N) is 2. The maximum absolute atomic E-state index is 4.82. The van der Waals surface area contributed by atoms with E-state index in [4.69, 9.17) is 4.98 Å². The average Bonchev–Trinajstić information content (AvgIpc) is 3.28. The first kappa shape index (κ1) is 14.8. The Balaban J connectivity index is 1.69. The molecule has 2 aliphatic carbocycles. The topological polar surface area (TPSA) is 28.2 Å². The van der Waals surface area contributed by atoms with Gasteiger partial charge in [-0.25, -0.2) is 4.98 Å². The van der Waals surface area contributed by atoms with E-state index in [1.807, 2.05) is 0 Å². The fourth-order valence-electron chi connectivity index (χ4n) is 2.87. The molecule has 0 unspecified atom stereocenters. The van der Waals surface area contributed by atoms with Gasteiger partial charge in [-0.1, -0.05) is 13.8 Å². The molecule has 1 aromatic heterocycles. The number of rotatable bonds is 8. The van der Waals surface area contributed by atoms with Crippen molar-refractivity contribution < 1.29 is 0 Å². The quantitative estimate of drug-likeness (QED) is 0.793. The fourth-order valence-corrected chi connectivity index (χ4v) is 2.87. The summed E-state index contributed by atoms with van der Waals surface area (Å²) in [6, 6.07) is 5.29. The summed E-state index contributed by atoms with van der Waals surface area (Å²) >= 11 is 0. The molecule has 0 saturated heterocycles. The van der Waals surface area contributed by atoms with Crippen LogP contribution in [0, 0.1) is 18.8 Å². The predicted octanol–water partition coefficient (Wildman–Crippen LogP) is 3.51. The fraction of sp³-hybridized carbons (Fsp3) is 0.722. The van der Waals surface area contributed by atoms with Crippen molar-refractivity contribution in [1.29, 1.82) is 0 Å². The Hall–Kier alpha value is -1.09. The van der Waals surface area contributed by atoms with E-state index in [0.29, 0.717) is 5.92 Å². The lowest BCUT2D eigenvalue weighted by Crippen LogP contribution is -2.29. The summed E-state index contributed by atoms with van der Waals surface area (Å²) < 4.78 is 0. The molecule has 3 rings (SSSR count). The van der Waals surface area contributed by atoms with Gasteiger partial charge in [0.15, 0.2) is 0 Å². The average molecular weight is 287 g/mol. The highest BCUT2D eigenvalue weighted by Gasteiger charge is 2.34. The molecular formula is C18H29N3. The predicted molar refractivity (Wildman–Crippen MR) is 88.6 cm³/mol. The maximum Gasteiger partial charge on any atom is 0.129 e. The standard InChI is InChI=1S/C18H29N3/c1-13(2)10-19-11-16-8-14(3)20-18(9-16)21(17-6-7-17)12-15-4-5-15/h8-9,13,15,17,19H,4-7,10-12H2,1-3H3. The molecule has 2 saturated carbocycles. The van der Waals surface area contributed by atoms with E-state index >= 15 is 0 Å². The second-order valence-electron chi connectivity index (χ2n) is 7.33. The smallest absolute Gasteiger partial charge is 0.129 e. The van der Waals surface area contributed by atoms with Crippen molar-refractivity contribution in [3.63, 3.8) is 0 Å². The Morgan fingerprint density at radius 2 is 2.00 bits per heavy atom. The molecule has 3 nitrogen and oxygen atoms in total. The third kappa shape index (κ3) is 4.44. The molecule has 3 heteroatoms. The molecule has 2 fully saturated rings. The molecule has 21 heavy (non-hydrogen) atoms. The van der Waals surface area contributed by atoms with Gasteiger partial charge in [-0.15, -0.1) is 0 Å². The largest absolute Gasteiger partial charge is 0.353 e. The summed E-state index contributed by atoms with van der Waals surface area (Å²) in [4.78, 5) is 7.40. The van der Waals surface area contributed by atoms with E-state index in [1.165, 1.54) is 43.6 Å².